The highest BCUT2D eigenvalue weighted by atomic mass is 16.1. The molecule has 1 saturated carbocycles. The molecule has 2 heteroatoms. The highest BCUT2D eigenvalue weighted by molar-refractivity contribution is 5.76. The summed E-state index contributed by atoms with van der Waals surface area (Å²) in [5, 5.41) is 0. The van der Waals surface area contributed by atoms with E-state index in [0.717, 1.165) is 19.3 Å². The fraction of sp³-hybridized carbons (Fsp3) is 0.462. The van der Waals surface area contributed by atoms with Crippen LogP contribution in [0.4, 0.5) is 0 Å². The first-order chi connectivity index (χ1) is 7.27. The van der Waals surface area contributed by atoms with Gasteiger partial charge in [0.2, 0.25) is 5.91 Å². The van der Waals surface area contributed by atoms with E-state index < -0.39 is 0 Å². The summed E-state index contributed by atoms with van der Waals surface area (Å²) in [4.78, 5) is 11.2. The maximum absolute atomic E-state index is 11.2. The maximum atomic E-state index is 11.2. The predicted molar refractivity (Wildman–Crippen MR) is 60.3 cm³/mol. The lowest BCUT2D eigenvalue weighted by molar-refractivity contribution is -0.122. The number of rotatable bonds is 2. The fourth-order valence-electron chi connectivity index (χ4n) is 2.48. The third-order valence-electron chi connectivity index (χ3n) is 3.35. The molecule has 0 bridgehead atoms. The Hall–Kier alpha value is -1.31. The lowest BCUT2D eigenvalue weighted by Crippen LogP contribution is -2.27. The molecular weight excluding hydrogens is 186 g/mol. The summed E-state index contributed by atoms with van der Waals surface area (Å²) in [6.07, 6.45) is 4.21. The molecule has 0 spiro atoms. The minimum absolute atomic E-state index is 0.0870. The Morgan fingerprint density at radius 1 is 1.20 bits per heavy atom. The number of carbonyl (C=O) groups is 1. The molecule has 2 rings (SSSR count). The van der Waals surface area contributed by atoms with Crippen molar-refractivity contribution >= 4 is 5.91 Å². The van der Waals surface area contributed by atoms with Gasteiger partial charge in [-0.1, -0.05) is 36.8 Å². The van der Waals surface area contributed by atoms with Crippen LogP contribution in [0.2, 0.25) is 0 Å². The molecule has 15 heavy (non-hydrogen) atoms. The molecule has 1 aromatic rings. The summed E-state index contributed by atoms with van der Waals surface area (Å²) in [7, 11) is 0. The van der Waals surface area contributed by atoms with E-state index >= 15 is 0 Å². The van der Waals surface area contributed by atoms with Crippen molar-refractivity contribution in [3.8, 4) is 0 Å². The van der Waals surface area contributed by atoms with Gasteiger partial charge in [0.15, 0.2) is 0 Å². The van der Waals surface area contributed by atoms with Crippen LogP contribution in [-0.4, -0.2) is 5.91 Å². The average Bonchev–Trinajstić information content (AvgIpc) is 2.30. The Morgan fingerprint density at radius 2 is 1.93 bits per heavy atom. The lowest BCUT2D eigenvalue weighted by atomic mass is 9.78. The summed E-state index contributed by atoms with van der Waals surface area (Å²) in [6, 6.07) is 10.4. The molecule has 80 valence electrons. The first-order valence-corrected chi connectivity index (χ1v) is 5.61. The third-order valence-corrected chi connectivity index (χ3v) is 3.35. The summed E-state index contributed by atoms with van der Waals surface area (Å²) in [6.45, 7) is 0. The second-order valence-electron chi connectivity index (χ2n) is 4.37. The van der Waals surface area contributed by atoms with Crippen LogP contribution in [0.3, 0.4) is 0 Å². The van der Waals surface area contributed by atoms with Crippen LogP contribution in [0.5, 0.6) is 0 Å². The highest BCUT2D eigenvalue weighted by Crippen LogP contribution is 2.35. The van der Waals surface area contributed by atoms with E-state index in [9.17, 15) is 4.79 Å². The Kier molecular flexibility index (Phi) is 3.05. The number of benzene rings is 1. The van der Waals surface area contributed by atoms with Crippen molar-refractivity contribution in [2.24, 2.45) is 11.7 Å². The van der Waals surface area contributed by atoms with Crippen molar-refractivity contribution in [1.29, 1.82) is 0 Å². The quantitative estimate of drug-likeness (QED) is 0.788. The van der Waals surface area contributed by atoms with Gasteiger partial charge in [0.25, 0.3) is 0 Å². The summed E-state index contributed by atoms with van der Waals surface area (Å²) in [5.41, 5.74) is 6.72. The van der Waals surface area contributed by atoms with E-state index in [-0.39, 0.29) is 11.8 Å². The summed E-state index contributed by atoms with van der Waals surface area (Å²) >= 11 is 0. The number of nitrogens with two attached hydrogens (primary N) is 1. The van der Waals surface area contributed by atoms with Crippen molar-refractivity contribution in [2.75, 3.05) is 0 Å². The largest absolute Gasteiger partial charge is 0.369 e. The van der Waals surface area contributed by atoms with Crippen molar-refractivity contribution in [3.63, 3.8) is 0 Å². The molecule has 0 aromatic heterocycles. The van der Waals surface area contributed by atoms with Gasteiger partial charge in [-0.05, 0) is 30.7 Å². The zero-order valence-electron chi connectivity index (χ0n) is 8.86. The van der Waals surface area contributed by atoms with Gasteiger partial charge in [0.1, 0.15) is 0 Å². The minimum atomic E-state index is -0.129. The van der Waals surface area contributed by atoms with Crippen LogP contribution in [0.15, 0.2) is 30.3 Å². The number of carbonyl (C=O) groups excluding carboxylic acids is 1. The van der Waals surface area contributed by atoms with E-state index in [1.165, 1.54) is 12.0 Å². The number of hydrogen-bond acceptors (Lipinski definition) is 1. The van der Waals surface area contributed by atoms with Gasteiger partial charge in [-0.25, -0.2) is 0 Å². The molecular formula is C13H17NO. The minimum Gasteiger partial charge on any atom is -0.369 e. The van der Waals surface area contributed by atoms with Crippen LogP contribution in [0.25, 0.3) is 0 Å². The molecule has 1 aliphatic carbocycles. The standard InChI is InChI=1S/C13H17NO/c14-13(15)12-8-4-7-11(9-12)10-5-2-1-3-6-10/h1-3,5-6,11-12H,4,7-9H2,(H2,14,15)/t11?,12-/m0/s1. The molecule has 2 atom stereocenters. The van der Waals surface area contributed by atoms with E-state index in [0.29, 0.717) is 5.92 Å². The maximum Gasteiger partial charge on any atom is 0.220 e. The molecule has 1 amide bonds. The SMILES string of the molecule is NC(=O)[C@H]1CCCC(c2ccccc2)C1. The molecule has 0 radical (unpaired) electrons. The number of amides is 1. The molecule has 1 fully saturated rings. The molecule has 2 nitrogen and oxygen atoms in total. The van der Waals surface area contributed by atoms with Crippen LogP contribution in [0.1, 0.15) is 37.2 Å². The Morgan fingerprint density at radius 3 is 2.60 bits per heavy atom. The monoisotopic (exact) mass is 203 g/mol. The molecule has 1 aromatic carbocycles. The first-order valence-electron chi connectivity index (χ1n) is 5.61. The van der Waals surface area contributed by atoms with Crippen LogP contribution in [0, 0.1) is 5.92 Å². The Balaban J connectivity index is 2.08. The van der Waals surface area contributed by atoms with Gasteiger partial charge in [0.05, 0.1) is 0 Å². The zero-order chi connectivity index (χ0) is 10.7. The molecule has 2 N–H and O–H groups in total. The Bertz CT molecular complexity index is 334. The van der Waals surface area contributed by atoms with Crippen LogP contribution < -0.4 is 5.73 Å². The highest BCUT2D eigenvalue weighted by Gasteiger charge is 2.26. The topological polar surface area (TPSA) is 43.1 Å². The van der Waals surface area contributed by atoms with Gasteiger partial charge in [-0.3, -0.25) is 4.79 Å². The summed E-state index contributed by atoms with van der Waals surface area (Å²) in [5.74, 6) is 0.483. The second kappa shape index (κ2) is 4.47. The van der Waals surface area contributed by atoms with Gasteiger partial charge in [-0.2, -0.15) is 0 Å². The van der Waals surface area contributed by atoms with Gasteiger partial charge in [-0.15, -0.1) is 0 Å². The summed E-state index contributed by atoms with van der Waals surface area (Å²) < 4.78 is 0. The molecule has 1 unspecified atom stereocenters. The second-order valence-corrected chi connectivity index (χ2v) is 4.37. The van der Waals surface area contributed by atoms with E-state index in [2.05, 4.69) is 24.3 Å². The molecule has 0 saturated heterocycles. The van der Waals surface area contributed by atoms with Crippen molar-refractivity contribution < 1.29 is 4.79 Å². The zero-order valence-corrected chi connectivity index (χ0v) is 8.86. The molecule has 1 aliphatic rings. The Labute approximate surface area is 90.5 Å². The van der Waals surface area contributed by atoms with Crippen LogP contribution in [-0.2, 0) is 4.79 Å². The van der Waals surface area contributed by atoms with Gasteiger partial charge < -0.3 is 5.73 Å². The van der Waals surface area contributed by atoms with Crippen molar-refractivity contribution in [3.05, 3.63) is 35.9 Å². The van der Waals surface area contributed by atoms with Crippen molar-refractivity contribution in [1.82, 2.24) is 0 Å². The fourth-order valence-corrected chi connectivity index (χ4v) is 2.48. The van der Waals surface area contributed by atoms with Crippen molar-refractivity contribution in [2.45, 2.75) is 31.6 Å². The molecule has 0 aliphatic heterocycles. The lowest BCUT2D eigenvalue weighted by Gasteiger charge is -2.27. The van der Waals surface area contributed by atoms with Gasteiger partial charge in [0, 0.05) is 5.92 Å². The normalized spacial score (nSPS) is 26.1. The predicted octanol–water partition coefficient (Wildman–Crippen LogP) is 2.45. The smallest absolute Gasteiger partial charge is 0.220 e. The first kappa shape index (κ1) is 10.2. The number of hydrogen-bond donors (Lipinski definition) is 1. The molecule has 0 heterocycles. The van der Waals surface area contributed by atoms with Crippen LogP contribution >= 0.6 is 0 Å². The number of primary amides is 1. The van der Waals surface area contributed by atoms with E-state index in [1.807, 2.05) is 6.07 Å². The van der Waals surface area contributed by atoms with Gasteiger partial charge >= 0.3 is 0 Å². The third kappa shape index (κ3) is 2.38. The van der Waals surface area contributed by atoms with E-state index in [1.54, 1.807) is 0 Å². The average molecular weight is 203 g/mol. The van der Waals surface area contributed by atoms with E-state index in [4.69, 9.17) is 5.73 Å².